The van der Waals surface area contributed by atoms with Gasteiger partial charge in [-0.25, -0.2) is 9.97 Å². The third-order valence-electron chi connectivity index (χ3n) is 3.73. The summed E-state index contributed by atoms with van der Waals surface area (Å²) in [6.45, 7) is 1.99. The molecule has 2 aromatic carbocycles. The zero-order valence-corrected chi connectivity index (χ0v) is 12.0. The second-order valence-corrected chi connectivity index (χ2v) is 5.34. The lowest BCUT2D eigenvalue weighted by atomic mass is 10.0. The molecule has 0 aliphatic heterocycles. The Hall–Kier alpha value is -3.01. The predicted molar refractivity (Wildman–Crippen MR) is 85.9 cm³/mol. The third kappa shape index (κ3) is 1.97. The van der Waals surface area contributed by atoms with Gasteiger partial charge >= 0.3 is 0 Å². The van der Waals surface area contributed by atoms with Crippen LogP contribution in [-0.4, -0.2) is 20.4 Å². The largest absolute Gasteiger partial charge is 0.272 e. The quantitative estimate of drug-likeness (QED) is 0.503. The first-order valence-electron chi connectivity index (χ1n) is 7.05. The zero-order valence-electron chi connectivity index (χ0n) is 12.0. The molecule has 0 N–H and O–H groups in total. The summed E-state index contributed by atoms with van der Waals surface area (Å²) in [5, 5.41) is 2.05. The number of pyridine rings is 1. The summed E-state index contributed by atoms with van der Waals surface area (Å²) >= 11 is 0. The Morgan fingerprint density at radius 1 is 1.09 bits per heavy atom. The van der Waals surface area contributed by atoms with Crippen molar-refractivity contribution in [3.63, 3.8) is 0 Å². The maximum atomic E-state index is 12.7. The smallest absolute Gasteiger partial charge is 0.265 e. The normalized spacial score (nSPS) is 11.1. The van der Waals surface area contributed by atoms with Gasteiger partial charge in [0.15, 0.2) is 0 Å². The molecule has 0 saturated carbocycles. The molecule has 0 amide bonds. The predicted octanol–water partition coefficient (Wildman–Crippen LogP) is 3.58. The van der Waals surface area contributed by atoms with Crippen LogP contribution in [0.25, 0.3) is 21.8 Å². The number of para-hydroxylation sites is 1. The van der Waals surface area contributed by atoms with Crippen LogP contribution in [0.5, 0.6) is 0 Å². The van der Waals surface area contributed by atoms with Crippen molar-refractivity contribution >= 4 is 27.7 Å². The number of imidazole rings is 1. The van der Waals surface area contributed by atoms with Crippen molar-refractivity contribution in [1.29, 1.82) is 0 Å². The second kappa shape index (κ2) is 4.77. The van der Waals surface area contributed by atoms with Gasteiger partial charge in [0.25, 0.3) is 5.91 Å². The van der Waals surface area contributed by atoms with Crippen LogP contribution in [0.4, 0.5) is 0 Å². The van der Waals surface area contributed by atoms with Crippen molar-refractivity contribution in [2.45, 2.75) is 6.92 Å². The molecular formula is C18H13N3O. The molecule has 4 nitrogen and oxygen atoms in total. The van der Waals surface area contributed by atoms with Gasteiger partial charge in [0, 0.05) is 23.2 Å². The Bertz CT molecular complexity index is 1000. The first-order valence-corrected chi connectivity index (χ1v) is 7.05. The van der Waals surface area contributed by atoms with Gasteiger partial charge in [-0.3, -0.25) is 9.36 Å². The number of hydrogen-bond acceptors (Lipinski definition) is 3. The monoisotopic (exact) mass is 287 g/mol. The number of benzene rings is 2. The molecule has 0 atom stereocenters. The Kier molecular flexibility index (Phi) is 2.76. The van der Waals surface area contributed by atoms with Gasteiger partial charge in [-0.1, -0.05) is 18.2 Å². The highest BCUT2D eigenvalue weighted by molar-refractivity contribution is 6.08. The molecule has 0 saturated heterocycles. The maximum Gasteiger partial charge on any atom is 0.265 e. The maximum absolute atomic E-state index is 12.7. The molecule has 106 valence electrons. The first-order chi connectivity index (χ1) is 10.7. The van der Waals surface area contributed by atoms with E-state index < -0.39 is 0 Å². The molecule has 0 spiro atoms. The fourth-order valence-corrected chi connectivity index (χ4v) is 2.72. The molecule has 0 fully saturated rings. The van der Waals surface area contributed by atoms with Crippen LogP contribution in [0, 0.1) is 6.92 Å². The van der Waals surface area contributed by atoms with Crippen molar-refractivity contribution in [3.05, 3.63) is 72.3 Å². The van der Waals surface area contributed by atoms with E-state index in [-0.39, 0.29) is 5.91 Å². The van der Waals surface area contributed by atoms with Crippen LogP contribution < -0.4 is 0 Å². The molecule has 4 rings (SSSR count). The average Bonchev–Trinajstić information content (AvgIpc) is 3.06. The van der Waals surface area contributed by atoms with Crippen LogP contribution in [0.1, 0.15) is 15.9 Å². The third-order valence-corrected chi connectivity index (χ3v) is 3.73. The molecule has 0 bridgehead atoms. The lowest BCUT2D eigenvalue weighted by Crippen LogP contribution is -2.11. The van der Waals surface area contributed by atoms with Crippen LogP contribution >= 0.6 is 0 Å². The highest BCUT2D eigenvalue weighted by atomic mass is 16.2. The van der Waals surface area contributed by atoms with E-state index in [9.17, 15) is 4.79 Å². The minimum Gasteiger partial charge on any atom is -0.272 e. The standard InChI is InChI=1S/C18H13N3O/c1-12-8-14-10-13-4-2-3-5-16(13)20-17(14)15(9-12)18(22)21-7-6-19-11-21/h2-11H,1H3. The van der Waals surface area contributed by atoms with Crippen molar-refractivity contribution in [2.75, 3.05) is 0 Å². The Balaban J connectivity index is 2.04. The fourth-order valence-electron chi connectivity index (χ4n) is 2.72. The highest BCUT2D eigenvalue weighted by Crippen LogP contribution is 2.24. The fraction of sp³-hybridized carbons (Fsp3) is 0.0556. The SMILES string of the molecule is Cc1cc(C(=O)n2ccnc2)c2nc3ccccc3cc2c1. The highest BCUT2D eigenvalue weighted by Gasteiger charge is 2.14. The van der Waals surface area contributed by atoms with E-state index in [1.165, 1.54) is 10.9 Å². The zero-order chi connectivity index (χ0) is 15.1. The van der Waals surface area contributed by atoms with Gasteiger partial charge < -0.3 is 0 Å². The second-order valence-electron chi connectivity index (χ2n) is 5.34. The molecule has 22 heavy (non-hydrogen) atoms. The average molecular weight is 287 g/mol. The molecule has 2 aromatic heterocycles. The van der Waals surface area contributed by atoms with Crippen molar-refractivity contribution in [1.82, 2.24) is 14.5 Å². The van der Waals surface area contributed by atoms with Gasteiger partial charge in [0.2, 0.25) is 0 Å². The lowest BCUT2D eigenvalue weighted by Gasteiger charge is -2.09. The molecule has 0 radical (unpaired) electrons. The summed E-state index contributed by atoms with van der Waals surface area (Å²) in [7, 11) is 0. The molecule has 4 aromatic rings. The summed E-state index contributed by atoms with van der Waals surface area (Å²) < 4.78 is 1.48. The van der Waals surface area contributed by atoms with Gasteiger partial charge in [0.1, 0.15) is 6.33 Å². The number of carbonyl (C=O) groups is 1. The Labute approximate surface area is 127 Å². The van der Waals surface area contributed by atoms with Crippen molar-refractivity contribution < 1.29 is 4.79 Å². The summed E-state index contributed by atoms with van der Waals surface area (Å²) in [6, 6.07) is 13.9. The molecule has 2 heterocycles. The van der Waals surface area contributed by atoms with Crippen molar-refractivity contribution in [2.24, 2.45) is 0 Å². The summed E-state index contributed by atoms with van der Waals surface area (Å²) in [6.07, 6.45) is 4.76. The van der Waals surface area contributed by atoms with Crippen LogP contribution in [0.15, 0.2) is 61.2 Å². The van der Waals surface area contributed by atoms with E-state index in [1.54, 1.807) is 12.4 Å². The number of rotatable bonds is 1. The summed E-state index contributed by atoms with van der Waals surface area (Å²) in [4.78, 5) is 21.3. The molecular weight excluding hydrogens is 274 g/mol. The first kappa shape index (κ1) is 12.7. The van der Waals surface area contributed by atoms with E-state index in [2.05, 4.69) is 17.1 Å². The van der Waals surface area contributed by atoms with Crippen LogP contribution in [-0.2, 0) is 0 Å². The molecule has 0 aliphatic carbocycles. The Morgan fingerprint density at radius 2 is 1.95 bits per heavy atom. The van der Waals surface area contributed by atoms with E-state index in [4.69, 9.17) is 4.98 Å². The van der Waals surface area contributed by atoms with E-state index >= 15 is 0 Å². The van der Waals surface area contributed by atoms with Crippen LogP contribution in [0.3, 0.4) is 0 Å². The van der Waals surface area contributed by atoms with Gasteiger partial charge in [-0.05, 0) is 36.8 Å². The van der Waals surface area contributed by atoms with Gasteiger partial charge in [-0.2, -0.15) is 0 Å². The lowest BCUT2D eigenvalue weighted by molar-refractivity contribution is 0.0961. The summed E-state index contributed by atoms with van der Waals surface area (Å²) in [5.41, 5.74) is 3.24. The Morgan fingerprint density at radius 3 is 2.77 bits per heavy atom. The minimum absolute atomic E-state index is 0.117. The van der Waals surface area contributed by atoms with Crippen molar-refractivity contribution in [3.8, 4) is 0 Å². The number of hydrogen-bond donors (Lipinski definition) is 0. The topological polar surface area (TPSA) is 47.8 Å². The van der Waals surface area contributed by atoms with Gasteiger partial charge in [-0.15, -0.1) is 0 Å². The number of nitrogens with zero attached hydrogens (tertiary/aromatic N) is 3. The molecule has 0 aliphatic rings. The number of aryl methyl sites for hydroxylation is 1. The number of carbonyl (C=O) groups excluding carboxylic acids is 1. The molecule has 0 unspecified atom stereocenters. The van der Waals surface area contributed by atoms with Crippen LogP contribution in [0.2, 0.25) is 0 Å². The summed E-state index contributed by atoms with van der Waals surface area (Å²) in [5.74, 6) is -0.117. The van der Waals surface area contributed by atoms with E-state index in [0.29, 0.717) is 5.56 Å². The van der Waals surface area contributed by atoms with E-state index in [0.717, 1.165) is 27.4 Å². The minimum atomic E-state index is -0.117. The van der Waals surface area contributed by atoms with E-state index in [1.807, 2.05) is 37.3 Å². The number of aromatic nitrogens is 3. The van der Waals surface area contributed by atoms with Gasteiger partial charge in [0.05, 0.1) is 16.6 Å². The number of fused-ring (bicyclic) bond motifs is 2. The molecule has 4 heteroatoms.